The van der Waals surface area contributed by atoms with Gasteiger partial charge in [0.1, 0.15) is 0 Å². The van der Waals surface area contributed by atoms with E-state index in [0.717, 1.165) is 5.56 Å². The summed E-state index contributed by atoms with van der Waals surface area (Å²) in [6.45, 7) is 2.97. The maximum absolute atomic E-state index is 10.8. The number of nitrogens with one attached hydrogen (secondary N) is 1. The standard InChI is InChI=1S/C14H20N2O2/c1-9-3-2-4-13(9)16-8-11-6-5-10(14(17)18)7-12(11)15/h5-7,9,13,16H,2-4,8,15H2,1H3,(H,17,18). The number of benzene rings is 1. The molecule has 2 rings (SSSR count). The lowest BCUT2D eigenvalue weighted by Crippen LogP contribution is -2.30. The maximum atomic E-state index is 10.8. The zero-order valence-electron chi connectivity index (χ0n) is 10.6. The number of carboxylic acid groups (broad SMARTS) is 1. The number of carbonyl (C=O) groups is 1. The third-order valence-corrected chi connectivity index (χ3v) is 3.81. The van der Waals surface area contributed by atoms with Crippen molar-refractivity contribution in [3.63, 3.8) is 0 Å². The molecule has 0 amide bonds. The van der Waals surface area contributed by atoms with Gasteiger partial charge in [0.05, 0.1) is 5.56 Å². The summed E-state index contributed by atoms with van der Waals surface area (Å²) in [5.41, 5.74) is 7.64. The molecule has 4 N–H and O–H groups in total. The molecule has 0 spiro atoms. The van der Waals surface area contributed by atoms with Crippen molar-refractivity contribution in [1.29, 1.82) is 0 Å². The fraction of sp³-hybridized carbons (Fsp3) is 0.500. The molecule has 4 heteroatoms. The van der Waals surface area contributed by atoms with Crippen molar-refractivity contribution >= 4 is 11.7 Å². The molecular weight excluding hydrogens is 228 g/mol. The Labute approximate surface area is 107 Å². The SMILES string of the molecule is CC1CCCC1NCc1ccc(C(=O)O)cc1N. The molecule has 1 fully saturated rings. The number of rotatable bonds is 4. The summed E-state index contributed by atoms with van der Waals surface area (Å²) in [6, 6.07) is 5.49. The number of aromatic carboxylic acids is 1. The van der Waals surface area contributed by atoms with E-state index in [-0.39, 0.29) is 5.56 Å². The van der Waals surface area contributed by atoms with Crippen LogP contribution in [0.15, 0.2) is 18.2 Å². The van der Waals surface area contributed by atoms with E-state index in [1.165, 1.54) is 25.3 Å². The predicted octanol–water partition coefficient (Wildman–Crippen LogP) is 2.25. The molecule has 1 aliphatic rings. The molecule has 0 bridgehead atoms. The van der Waals surface area contributed by atoms with Gasteiger partial charge in [0.25, 0.3) is 0 Å². The molecule has 98 valence electrons. The second kappa shape index (κ2) is 5.40. The number of carboxylic acids is 1. The number of hydrogen-bond acceptors (Lipinski definition) is 3. The van der Waals surface area contributed by atoms with E-state index < -0.39 is 5.97 Å². The Kier molecular flexibility index (Phi) is 3.87. The van der Waals surface area contributed by atoms with Crippen molar-refractivity contribution in [1.82, 2.24) is 5.32 Å². The third kappa shape index (κ3) is 2.82. The van der Waals surface area contributed by atoms with Gasteiger partial charge in [-0.1, -0.05) is 19.4 Å². The first-order valence-electron chi connectivity index (χ1n) is 6.43. The third-order valence-electron chi connectivity index (χ3n) is 3.81. The lowest BCUT2D eigenvalue weighted by molar-refractivity contribution is 0.0697. The van der Waals surface area contributed by atoms with E-state index in [1.807, 2.05) is 0 Å². The van der Waals surface area contributed by atoms with Gasteiger partial charge in [0, 0.05) is 18.3 Å². The first-order chi connectivity index (χ1) is 8.58. The van der Waals surface area contributed by atoms with Crippen LogP contribution in [-0.4, -0.2) is 17.1 Å². The number of hydrogen-bond donors (Lipinski definition) is 3. The van der Waals surface area contributed by atoms with E-state index in [2.05, 4.69) is 12.2 Å². The Morgan fingerprint density at radius 3 is 2.83 bits per heavy atom. The number of anilines is 1. The van der Waals surface area contributed by atoms with Gasteiger partial charge >= 0.3 is 5.97 Å². The molecule has 0 aromatic heterocycles. The van der Waals surface area contributed by atoms with Gasteiger partial charge in [0.15, 0.2) is 0 Å². The highest BCUT2D eigenvalue weighted by molar-refractivity contribution is 5.88. The highest BCUT2D eigenvalue weighted by atomic mass is 16.4. The van der Waals surface area contributed by atoms with E-state index in [0.29, 0.717) is 24.2 Å². The Morgan fingerprint density at radius 1 is 1.50 bits per heavy atom. The summed E-state index contributed by atoms with van der Waals surface area (Å²) in [5.74, 6) is -0.227. The Bertz CT molecular complexity index is 445. The largest absolute Gasteiger partial charge is 0.478 e. The molecule has 1 saturated carbocycles. The van der Waals surface area contributed by atoms with Gasteiger partial charge in [-0.3, -0.25) is 0 Å². The Balaban J connectivity index is 1.99. The smallest absolute Gasteiger partial charge is 0.335 e. The van der Waals surface area contributed by atoms with E-state index >= 15 is 0 Å². The molecule has 18 heavy (non-hydrogen) atoms. The minimum absolute atomic E-state index is 0.241. The normalized spacial score (nSPS) is 23.2. The van der Waals surface area contributed by atoms with Crippen molar-refractivity contribution in [3.05, 3.63) is 29.3 Å². The van der Waals surface area contributed by atoms with Crippen molar-refractivity contribution < 1.29 is 9.90 Å². The average Bonchev–Trinajstić information content (AvgIpc) is 2.73. The summed E-state index contributed by atoms with van der Waals surface area (Å²) >= 11 is 0. The van der Waals surface area contributed by atoms with Crippen molar-refractivity contribution in [3.8, 4) is 0 Å². The zero-order chi connectivity index (χ0) is 13.1. The highest BCUT2D eigenvalue weighted by Crippen LogP contribution is 2.25. The topological polar surface area (TPSA) is 75.3 Å². The van der Waals surface area contributed by atoms with Gasteiger partial charge in [-0.05, 0) is 36.5 Å². The summed E-state index contributed by atoms with van der Waals surface area (Å²) in [4.78, 5) is 10.8. The van der Waals surface area contributed by atoms with Crippen molar-refractivity contribution in [2.75, 3.05) is 5.73 Å². The molecule has 1 aromatic rings. The summed E-state index contributed by atoms with van der Waals surface area (Å²) in [7, 11) is 0. The average molecular weight is 248 g/mol. The Morgan fingerprint density at radius 2 is 2.28 bits per heavy atom. The second-order valence-electron chi connectivity index (χ2n) is 5.11. The van der Waals surface area contributed by atoms with E-state index in [9.17, 15) is 4.79 Å². The van der Waals surface area contributed by atoms with Crippen LogP contribution in [-0.2, 0) is 6.54 Å². The first kappa shape index (κ1) is 12.9. The van der Waals surface area contributed by atoms with Crippen molar-refractivity contribution in [2.24, 2.45) is 5.92 Å². The number of nitrogen functional groups attached to an aromatic ring is 1. The van der Waals surface area contributed by atoms with Gasteiger partial charge < -0.3 is 16.2 Å². The van der Waals surface area contributed by atoms with Crippen LogP contribution in [0.4, 0.5) is 5.69 Å². The summed E-state index contributed by atoms with van der Waals surface area (Å²) < 4.78 is 0. The van der Waals surface area contributed by atoms with Crippen LogP contribution in [0, 0.1) is 5.92 Å². The second-order valence-corrected chi connectivity index (χ2v) is 5.11. The molecule has 2 atom stereocenters. The fourth-order valence-electron chi connectivity index (χ4n) is 2.58. The minimum Gasteiger partial charge on any atom is -0.478 e. The van der Waals surface area contributed by atoms with Crippen LogP contribution in [0.2, 0.25) is 0 Å². The van der Waals surface area contributed by atoms with Crippen LogP contribution >= 0.6 is 0 Å². The predicted molar refractivity (Wildman–Crippen MR) is 71.5 cm³/mol. The van der Waals surface area contributed by atoms with Gasteiger partial charge in [-0.15, -0.1) is 0 Å². The molecule has 0 aliphatic heterocycles. The lowest BCUT2D eigenvalue weighted by Gasteiger charge is -2.18. The van der Waals surface area contributed by atoms with Gasteiger partial charge in [-0.2, -0.15) is 0 Å². The molecule has 2 unspecified atom stereocenters. The molecule has 0 radical (unpaired) electrons. The van der Waals surface area contributed by atoms with Crippen LogP contribution in [0.25, 0.3) is 0 Å². The molecule has 1 aromatic carbocycles. The maximum Gasteiger partial charge on any atom is 0.335 e. The fourth-order valence-corrected chi connectivity index (χ4v) is 2.58. The highest BCUT2D eigenvalue weighted by Gasteiger charge is 2.22. The molecule has 0 heterocycles. The van der Waals surface area contributed by atoms with Crippen LogP contribution in [0.5, 0.6) is 0 Å². The van der Waals surface area contributed by atoms with Crippen LogP contribution in [0.3, 0.4) is 0 Å². The summed E-state index contributed by atoms with van der Waals surface area (Å²) in [5, 5.41) is 12.4. The van der Waals surface area contributed by atoms with Crippen LogP contribution < -0.4 is 11.1 Å². The van der Waals surface area contributed by atoms with E-state index in [1.54, 1.807) is 12.1 Å². The lowest BCUT2D eigenvalue weighted by atomic mass is 10.1. The van der Waals surface area contributed by atoms with Gasteiger partial charge in [0.2, 0.25) is 0 Å². The van der Waals surface area contributed by atoms with E-state index in [4.69, 9.17) is 10.8 Å². The monoisotopic (exact) mass is 248 g/mol. The molecule has 1 aliphatic carbocycles. The van der Waals surface area contributed by atoms with Crippen LogP contribution in [0.1, 0.15) is 42.1 Å². The Hall–Kier alpha value is -1.55. The van der Waals surface area contributed by atoms with Crippen molar-refractivity contribution in [2.45, 2.75) is 38.8 Å². The molecule has 0 saturated heterocycles. The quantitative estimate of drug-likeness (QED) is 0.714. The summed E-state index contributed by atoms with van der Waals surface area (Å²) in [6.07, 6.45) is 3.78. The van der Waals surface area contributed by atoms with Gasteiger partial charge in [-0.25, -0.2) is 4.79 Å². The molecular formula is C14H20N2O2. The first-order valence-corrected chi connectivity index (χ1v) is 6.43. The molecule has 4 nitrogen and oxygen atoms in total. The zero-order valence-corrected chi connectivity index (χ0v) is 10.6. The minimum atomic E-state index is -0.939. The number of nitrogens with two attached hydrogens (primary N) is 1.